The van der Waals surface area contributed by atoms with Crippen molar-refractivity contribution in [3.05, 3.63) is 17.4 Å². The first-order chi connectivity index (χ1) is 6.68. The maximum Gasteiger partial charge on any atom is 0.211 e. The third-order valence-electron chi connectivity index (χ3n) is 1.81. The zero-order valence-electron chi connectivity index (χ0n) is 7.91. The lowest BCUT2D eigenvalue weighted by Gasteiger charge is -2.21. The van der Waals surface area contributed by atoms with Gasteiger partial charge in [-0.3, -0.25) is 4.31 Å². The average Bonchev–Trinajstić information content (AvgIpc) is 2.67. The summed E-state index contributed by atoms with van der Waals surface area (Å²) < 4.78 is 3.89. The summed E-state index contributed by atoms with van der Waals surface area (Å²) in [5.74, 6) is 0. The van der Waals surface area contributed by atoms with Crippen LogP contribution in [0, 0.1) is 0 Å². The van der Waals surface area contributed by atoms with E-state index in [-0.39, 0.29) is 5.50 Å². The van der Waals surface area contributed by atoms with Crippen molar-refractivity contribution in [1.82, 2.24) is 19.1 Å². The molecule has 1 aromatic rings. The third kappa shape index (κ3) is 1.75. The number of aryl methyl sites for hydroxylation is 1. The van der Waals surface area contributed by atoms with Gasteiger partial charge in [-0.25, -0.2) is 0 Å². The van der Waals surface area contributed by atoms with Crippen molar-refractivity contribution in [3.8, 4) is 0 Å². The zero-order valence-corrected chi connectivity index (χ0v) is 9.55. The first kappa shape index (κ1) is 9.88. The van der Waals surface area contributed by atoms with E-state index in [2.05, 4.69) is 10.2 Å². The number of allylic oxidation sites excluding steroid dienone is 1. The van der Waals surface area contributed by atoms with Crippen LogP contribution in [0.15, 0.2) is 22.6 Å². The third-order valence-corrected chi connectivity index (χ3v) is 4.15. The van der Waals surface area contributed by atoms with Crippen LogP contribution in [0.25, 0.3) is 0 Å². The molecule has 1 atom stereocenters. The van der Waals surface area contributed by atoms with Crippen molar-refractivity contribution >= 4 is 23.7 Å². The summed E-state index contributed by atoms with van der Waals surface area (Å²) >= 11 is 3.11. The summed E-state index contributed by atoms with van der Waals surface area (Å²) in [6.45, 7) is 2.03. The molecule has 2 N–H and O–H groups in total. The second-order valence-corrected chi connectivity index (χ2v) is 4.86. The van der Waals surface area contributed by atoms with E-state index < -0.39 is 0 Å². The summed E-state index contributed by atoms with van der Waals surface area (Å²) in [4.78, 5) is 0. The number of nitrogens with zero attached hydrogens (tertiary/aromatic N) is 4. The molecule has 5 nitrogen and oxygen atoms in total. The van der Waals surface area contributed by atoms with Gasteiger partial charge in [-0.15, -0.1) is 10.2 Å². The standard InChI is InChI=1S/C7H11N5S2/c1-5-3-13-6(8)12(5)14-7-10-9-4-11(7)2/h3-4,6H,8H2,1-2H3. The highest BCUT2D eigenvalue weighted by molar-refractivity contribution is 8.04. The number of rotatable bonds is 2. The Labute approximate surface area is 90.9 Å². The Kier molecular flexibility index (Phi) is 2.71. The van der Waals surface area contributed by atoms with Gasteiger partial charge in [0.15, 0.2) is 0 Å². The summed E-state index contributed by atoms with van der Waals surface area (Å²) in [6, 6.07) is 0. The van der Waals surface area contributed by atoms with E-state index >= 15 is 0 Å². The first-order valence-electron chi connectivity index (χ1n) is 4.07. The Morgan fingerprint density at radius 2 is 2.43 bits per heavy atom. The minimum atomic E-state index is -0.0308. The lowest BCUT2D eigenvalue weighted by molar-refractivity contribution is 0.557. The van der Waals surface area contributed by atoms with Crippen LogP contribution in [0.2, 0.25) is 0 Å². The molecule has 0 aromatic carbocycles. The molecule has 1 unspecified atom stereocenters. The fraction of sp³-hybridized carbons (Fsp3) is 0.429. The van der Waals surface area contributed by atoms with Crippen molar-refractivity contribution in [1.29, 1.82) is 0 Å². The van der Waals surface area contributed by atoms with Crippen LogP contribution in [0.1, 0.15) is 6.92 Å². The molecule has 1 aliphatic heterocycles. The number of nitrogens with two attached hydrogens (primary N) is 1. The normalized spacial score (nSPS) is 21.5. The number of aromatic nitrogens is 3. The van der Waals surface area contributed by atoms with Crippen molar-refractivity contribution in [2.45, 2.75) is 17.6 Å². The largest absolute Gasteiger partial charge is 0.310 e. The van der Waals surface area contributed by atoms with Gasteiger partial charge in [0.25, 0.3) is 0 Å². The summed E-state index contributed by atoms with van der Waals surface area (Å²) in [7, 11) is 1.91. The highest BCUT2D eigenvalue weighted by Crippen LogP contribution is 2.35. The quantitative estimate of drug-likeness (QED) is 0.763. The molecule has 0 aliphatic carbocycles. The molecule has 2 rings (SSSR count). The van der Waals surface area contributed by atoms with Crippen molar-refractivity contribution in [3.63, 3.8) is 0 Å². The van der Waals surface area contributed by atoms with E-state index in [1.807, 2.05) is 28.3 Å². The molecule has 1 aromatic heterocycles. The maximum atomic E-state index is 5.89. The van der Waals surface area contributed by atoms with Crippen LogP contribution in [0.4, 0.5) is 0 Å². The van der Waals surface area contributed by atoms with E-state index in [1.165, 1.54) is 11.9 Å². The number of thioether (sulfide) groups is 1. The zero-order chi connectivity index (χ0) is 10.1. The molecule has 1 aliphatic rings. The monoisotopic (exact) mass is 229 g/mol. The van der Waals surface area contributed by atoms with Crippen LogP contribution in [0.5, 0.6) is 0 Å². The minimum Gasteiger partial charge on any atom is -0.310 e. The molecular weight excluding hydrogens is 218 g/mol. The molecule has 0 saturated heterocycles. The van der Waals surface area contributed by atoms with Gasteiger partial charge in [0.05, 0.1) is 0 Å². The smallest absolute Gasteiger partial charge is 0.211 e. The Morgan fingerprint density at radius 1 is 1.64 bits per heavy atom. The molecule has 0 fully saturated rings. The van der Waals surface area contributed by atoms with E-state index in [0.717, 1.165) is 10.9 Å². The van der Waals surface area contributed by atoms with Gasteiger partial charge in [0.1, 0.15) is 11.8 Å². The molecule has 2 heterocycles. The Hall–Kier alpha value is -0.660. The minimum absolute atomic E-state index is 0.0308. The topological polar surface area (TPSA) is 60.0 Å². The van der Waals surface area contributed by atoms with Crippen LogP contribution < -0.4 is 5.73 Å². The molecule has 0 spiro atoms. The van der Waals surface area contributed by atoms with Crippen molar-refractivity contribution < 1.29 is 0 Å². The average molecular weight is 229 g/mol. The molecule has 0 saturated carbocycles. The van der Waals surface area contributed by atoms with Gasteiger partial charge >= 0.3 is 0 Å². The van der Waals surface area contributed by atoms with E-state index in [0.29, 0.717) is 0 Å². The molecular formula is C7H11N5S2. The SMILES string of the molecule is CC1=CSC(N)N1Sc1nncn1C. The Bertz CT molecular complexity index is 361. The summed E-state index contributed by atoms with van der Waals surface area (Å²) in [5.41, 5.74) is 7.01. The molecule has 76 valence electrons. The van der Waals surface area contributed by atoms with Gasteiger partial charge in [-0.05, 0) is 12.3 Å². The Balaban J connectivity index is 2.11. The maximum absolute atomic E-state index is 5.89. The highest BCUT2D eigenvalue weighted by Gasteiger charge is 2.23. The van der Waals surface area contributed by atoms with Crippen LogP contribution in [0.3, 0.4) is 0 Å². The van der Waals surface area contributed by atoms with Gasteiger partial charge in [-0.2, -0.15) is 0 Å². The van der Waals surface area contributed by atoms with Gasteiger partial charge in [0.2, 0.25) is 5.16 Å². The van der Waals surface area contributed by atoms with E-state index in [1.54, 1.807) is 18.1 Å². The summed E-state index contributed by atoms with van der Waals surface area (Å²) in [5, 5.41) is 10.7. The lowest BCUT2D eigenvalue weighted by atomic mass is 10.6. The second-order valence-electron chi connectivity index (χ2n) is 2.93. The number of hydrogen-bond donors (Lipinski definition) is 1. The van der Waals surface area contributed by atoms with E-state index in [9.17, 15) is 0 Å². The van der Waals surface area contributed by atoms with Crippen LogP contribution in [-0.2, 0) is 7.05 Å². The van der Waals surface area contributed by atoms with Gasteiger partial charge in [0, 0.05) is 24.7 Å². The van der Waals surface area contributed by atoms with Crippen molar-refractivity contribution in [2.75, 3.05) is 0 Å². The van der Waals surface area contributed by atoms with Crippen LogP contribution in [-0.4, -0.2) is 24.6 Å². The van der Waals surface area contributed by atoms with Gasteiger partial charge < -0.3 is 10.3 Å². The van der Waals surface area contributed by atoms with Crippen molar-refractivity contribution in [2.24, 2.45) is 12.8 Å². The second kappa shape index (κ2) is 3.84. The predicted octanol–water partition coefficient (Wildman–Crippen LogP) is 0.975. The predicted molar refractivity (Wildman–Crippen MR) is 58.0 cm³/mol. The molecule has 0 amide bonds. The van der Waals surface area contributed by atoms with Gasteiger partial charge in [-0.1, -0.05) is 11.8 Å². The molecule has 0 bridgehead atoms. The summed E-state index contributed by atoms with van der Waals surface area (Å²) in [6.07, 6.45) is 1.68. The van der Waals surface area contributed by atoms with Crippen LogP contribution >= 0.6 is 23.7 Å². The molecule has 0 radical (unpaired) electrons. The molecule has 7 heteroatoms. The Morgan fingerprint density at radius 3 is 2.93 bits per heavy atom. The highest BCUT2D eigenvalue weighted by atomic mass is 32.2. The molecule has 14 heavy (non-hydrogen) atoms. The van der Waals surface area contributed by atoms with E-state index in [4.69, 9.17) is 5.73 Å². The fourth-order valence-corrected chi connectivity index (χ4v) is 2.85. The lowest BCUT2D eigenvalue weighted by Crippen LogP contribution is -2.29. The fourth-order valence-electron chi connectivity index (χ4n) is 1.04. The number of hydrogen-bond acceptors (Lipinski definition) is 6. The first-order valence-corrected chi connectivity index (χ1v) is 5.79.